The number of rotatable bonds is 3. The van der Waals surface area contributed by atoms with Crippen LogP contribution in [0.1, 0.15) is 19.4 Å². The van der Waals surface area contributed by atoms with Crippen molar-refractivity contribution in [1.82, 2.24) is 0 Å². The zero-order chi connectivity index (χ0) is 14.7. The normalized spacial score (nSPS) is 20.1. The van der Waals surface area contributed by atoms with Gasteiger partial charge >= 0.3 is 5.97 Å². The lowest BCUT2D eigenvalue weighted by molar-refractivity contribution is -0.147. The van der Waals surface area contributed by atoms with Gasteiger partial charge in [0.1, 0.15) is 11.5 Å². The highest BCUT2D eigenvalue weighted by atomic mass is 19.1. The van der Waals surface area contributed by atoms with Gasteiger partial charge in [-0.25, -0.2) is 4.39 Å². The Balaban J connectivity index is 2.31. The first kappa shape index (κ1) is 14.1. The first-order valence-corrected chi connectivity index (χ1v) is 6.27. The fourth-order valence-electron chi connectivity index (χ4n) is 1.99. The van der Waals surface area contributed by atoms with Crippen molar-refractivity contribution in [2.24, 2.45) is 10.9 Å². The van der Waals surface area contributed by atoms with Gasteiger partial charge in [0.05, 0.1) is 6.61 Å². The molecule has 2 rings (SSSR count). The van der Waals surface area contributed by atoms with Crippen LogP contribution in [0, 0.1) is 11.7 Å². The summed E-state index contributed by atoms with van der Waals surface area (Å²) in [6, 6.07) is 6.06. The van der Waals surface area contributed by atoms with Crippen LogP contribution in [0.25, 0.3) is 6.08 Å². The van der Waals surface area contributed by atoms with Crippen LogP contribution in [0.5, 0.6) is 0 Å². The lowest BCUT2D eigenvalue weighted by atomic mass is 10.0. The summed E-state index contributed by atoms with van der Waals surface area (Å²) in [4.78, 5) is 27.9. The second-order valence-electron chi connectivity index (χ2n) is 4.35. The number of Topliss-reactive ketones (excluding diaryl/α,β-unsaturated/α-hetero) is 1. The topological polar surface area (TPSA) is 55.7 Å². The Kier molecular flexibility index (Phi) is 4.08. The molecule has 104 valence electrons. The summed E-state index contributed by atoms with van der Waals surface area (Å²) >= 11 is 0. The standard InChI is InChI=1S/C15H14FNO3/c1-3-20-15(19)13-9(2)17-12(14(13)18)8-10-6-4-5-7-11(10)16/h4-8,13H,3H2,1-2H3/b12-8-. The van der Waals surface area contributed by atoms with Crippen molar-refractivity contribution in [3.05, 3.63) is 41.3 Å². The summed E-state index contributed by atoms with van der Waals surface area (Å²) in [6.07, 6.45) is 1.35. The fourth-order valence-corrected chi connectivity index (χ4v) is 1.99. The average Bonchev–Trinajstić information content (AvgIpc) is 2.67. The molecule has 1 aromatic rings. The number of aliphatic imine (C=N–C) groups is 1. The van der Waals surface area contributed by atoms with Crippen LogP contribution in [-0.4, -0.2) is 24.1 Å². The molecule has 1 aromatic carbocycles. The minimum atomic E-state index is -1.01. The Labute approximate surface area is 116 Å². The van der Waals surface area contributed by atoms with E-state index < -0.39 is 23.5 Å². The van der Waals surface area contributed by atoms with Crippen LogP contribution in [0.2, 0.25) is 0 Å². The molecule has 0 spiro atoms. The highest BCUT2D eigenvalue weighted by Gasteiger charge is 2.38. The molecule has 20 heavy (non-hydrogen) atoms. The smallest absolute Gasteiger partial charge is 0.322 e. The van der Waals surface area contributed by atoms with E-state index in [1.165, 1.54) is 18.2 Å². The second kappa shape index (κ2) is 5.77. The molecule has 0 aromatic heterocycles. The first-order valence-electron chi connectivity index (χ1n) is 6.27. The van der Waals surface area contributed by atoms with E-state index in [4.69, 9.17) is 4.74 Å². The van der Waals surface area contributed by atoms with E-state index in [1.54, 1.807) is 26.0 Å². The zero-order valence-corrected chi connectivity index (χ0v) is 11.2. The molecule has 0 aliphatic carbocycles. The summed E-state index contributed by atoms with van der Waals surface area (Å²) < 4.78 is 18.4. The lowest BCUT2D eigenvalue weighted by Gasteiger charge is -2.07. The third-order valence-corrected chi connectivity index (χ3v) is 2.95. The third kappa shape index (κ3) is 2.66. The third-order valence-electron chi connectivity index (χ3n) is 2.95. The van der Waals surface area contributed by atoms with E-state index in [1.807, 2.05) is 0 Å². The lowest BCUT2D eigenvalue weighted by Crippen LogP contribution is -2.28. The molecule has 5 heteroatoms. The molecule has 0 amide bonds. The molecule has 1 unspecified atom stereocenters. The fraction of sp³-hybridized carbons (Fsp3) is 0.267. The molecule has 0 bridgehead atoms. The minimum absolute atomic E-state index is 0.0747. The van der Waals surface area contributed by atoms with E-state index >= 15 is 0 Å². The monoisotopic (exact) mass is 275 g/mol. The van der Waals surface area contributed by atoms with Crippen molar-refractivity contribution in [1.29, 1.82) is 0 Å². The molecule has 1 heterocycles. The highest BCUT2D eigenvalue weighted by molar-refractivity contribution is 6.28. The minimum Gasteiger partial charge on any atom is -0.465 e. The van der Waals surface area contributed by atoms with Crippen LogP contribution >= 0.6 is 0 Å². The van der Waals surface area contributed by atoms with Crippen molar-refractivity contribution in [2.75, 3.05) is 6.61 Å². The molecule has 0 saturated heterocycles. The number of ether oxygens (including phenoxy) is 1. The number of carbonyl (C=O) groups excluding carboxylic acids is 2. The Bertz CT molecular complexity index is 619. The van der Waals surface area contributed by atoms with Gasteiger partial charge in [-0.15, -0.1) is 0 Å². The zero-order valence-electron chi connectivity index (χ0n) is 11.2. The molecular weight excluding hydrogens is 261 g/mol. The Morgan fingerprint density at radius 2 is 2.15 bits per heavy atom. The molecule has 1 aliphatic heterocycles. The number of nitrogens with zero attached hydrogens (tertiary/aromatic N) is 1. The number of carbonyl (C=O) groups is 2. The van der Waals surface area contributed by atoms with E-state index in [0.29, 0.717) is 5.71 Å². The number of ketones is 1. The van der Waals surface area contributed by atoms with Gasteiger partial charge in [0.2, 0.25) is 5.78 Å². The molecule has 4 nitrogen and oxygen atoms in total. The molecule has 1 atom stereocenters. The molecule has 0 radical (unpaired) electrons. The van der Waals surface area contributed by atoms with E-state index in [2.05, 4.69) is 4.99 Å². The molecular formula is C15H14FNO3. The summed E-state index contributed by atoms with van der Waals surface area (Å²) in [5.41, 5.74) is 0.707. The van der Waals surface area contributed by atoms with Crippen molar-refractivity contribution in [2.45, 2.75) is 13.8 Å². The number of esters is 1. The van der Waals surface area contributed by atoms with Gasteiger partial charge in [-0.3, -0.25) is 14.6 Å². The Hall–Kier alpha value is -2.30. The predicted molar refractivity (Wildman–Crippen MR) is 72.6 cm³/mol. The second-order valence-corrected chi connectivity index (χ2v) is 4.35. The molecule has 0 N–H and O–H groups in total. The largest absolute Gasteiger partial charge is 0.465 e. The van der Waals surface area contributed by atoms with E-state index in [9.17, 15) is 14.0 Å². The maximum absolute atomic E-state index is 13.5. The quantitative estimate of drug-likeness (QED) is 0.483. The maximum Gasteiger partial charge on any atom is 0.322 e. The summed E-state index contributed by atoms with van der Waals surface area (Å²) in [5, 5.41) is 0. The van der Waals surface area contributed by atoms with E-state index in [-0.39, 0.29) is 17.9 Å². The van der Waals surface area contributed by atoms with Crippen LogP contribution in [-0.2, 0) is 14.3 Å². The van der Waals surface area contributed by atoms with Crippen molar-refractivity contribution < 1.29 is 18.7 Å². The van der Waals surface area contributed by atoms with Gasteiger partial charge < -0.3 is 4.74 Å². The maximum atomic E-state index is 13.5. The first-order chi connectivity index (χ1) is 9.54. The summed E-state index contributed by atoms with van der Waals surface area (Å²) in [6.45, 7) is 3.45. The van der Waals surface area contributed by atoms with Gasteiger partial charge in [0.25, 0.3) is 0 Å². The van der Waals surface area contributed by atoms with Crippen molar-refractivity contribution in [3.63, 3.8) is 0 Å². The van der Waals surface area contributed by atoms with Gasteiger partial charge in [0, 0.05) is 11.3 Å². The number of halogens is 1. The van der Waals surface area contributed by atoms with Crippen LogP contribution < -0.4 is 0 Å². The van der Waals surface area contributed by atoms with Crippen molar-refractivity contribution >= 4 is 23.5 Å². The van der Waals surface area contributed by atoms with Gasteiger partial charge in [-0.05, 0) is 26.0 Å². The van der Waals surface area contributed by atoms with E-state index in [0.717, 1.165) is 0 Å². The van der Waals surface area contributed by atoms with Crippen LogP contribution in [0.15, 0.2) is 35.0 Å². The summed E-state index contributed by atoms with van der Waals surface area (Å²) in [5.74, 6) is -2.52. The van der Waals surface area contributed by atoms with Crippen LogP contribution in [0.3, 0.4) is 0 Å². The van der Waals surface area contributed by atoms with Gasteiger partial charge in [-0.2, -0.15) is 0 Å². The molecule has 0 fully saturated rings. The Morgan fingerprint density at radius 3 is 2.80 bits per heavy atom. The molecule has 0 saturated carbocycles. The molecule has 1 aliphatic rings. The number of benzene rings is 1. The highest BCUT2D eigenvalue weighted by Crippen LogP contribution is 2.24. The average molecular weight is 275 g/mol. The van der Waals surface area contributed by atoms with Crippen molar-refractivity contribution in [3.8, 4) is 0 Å². The SMILES string of the molecule is CCOC(=O)C1C(=O)/C(=C/c2ccccc2F)N=C1C. The van der Waals surface area contributed by atoms with Gasteiger partial charge in [-0.1, -0.05) is 18.2 Å². The number of hydrogen-bond donors (Lipinski definition) is 0. The predicted octanol–water partition coefficient (Wildman–Crippen LogP) is 2.39. The summed E-state index contributed by atoms with van der Waals surface area (Å²) in [7, 11) is 0. The van der Waals surface area contributed by atoms with Crippen LogP contribution in [0.4, 0.5) is 4.39 Å². The number of allylic oxidation sites excluding steroid dienone is 1. The Morgan fingerprint density at radius 1 is 1.45 bits per heavy atom. The number of hydrogen-bond acceptors (Lipinski definition) is 4. The van der Waals surface area contributed by atoms with Gasteiger partial charge in [0.15, 0.2) is 5.92 Å².